The molecule has 0 bridgehead atoms. The lowest BCUT2D eigenvalue weighted by molar-refractivity contribution is -0.657. The van der Waals surface area contributed by atoms with E-state index in [4.69, 9.17) is 23.7 Å². The molecule has 0 saturated carbocycles. The van der Waals surface area contributed by atoms with Crippen molar-refractivity contribution in [1.82, 2.24) is 0 Å². The van der Waals surface area contributed by atoms with E-state index in [0.29, 0.717) is 11.5 Å². The van der Waals surface area contributed by atoms with E-state index in [2.05, 4.69) is 0 Å². The number of ether oxygens (including phenoxy) is 5. The van der Waals surface area contributed by atoms with Crippen LogP contribution in [0.3, 0.4) is 0 Å². The van der Waals surface area contributed by atoms with Crippen LogP contribution < -0.4 is 18.9 Å². The summed E-state index contributed by atoms with van der Waals surface area (Å²) in [4.78, 5) is 21.7. The Labute approximate surface area is 166 Å². The zero-order chi connectivity index (χ0) is 21.6. The SMILES string of the molecule is COc1ccc(C(OC(c2ccc(OC)c(OC)c2)[N+](=O)[O-])[N+](=O)[O-])cc1OC. The van der Waals surface area contributed by atoms with Gasteiger partial charge in [-0.1, -0.05) is 0 Å². The lowest BCUT2D eigenvalue weighted by atomic mass is 10.1. The van der Waals surface area contributed by atoms with E-state index in [1.165, 1.54) is 64.8 Å². The smallest absolute Gasteiger partial charge is 0.347 e. The summed E-state index contributed by atoms with van der Waals surface area (Å²) in [5, 5.41) is 23.2. The summed E-state index contributed by atoms with van der Waals surface area (Å²) in [7, 11) is 5.57. The number of rotatable bonds is 10. The second-order valence-electron chi connectivity index (χ2n) is 5.64. The van der Waals surface area contributed by atoms with Crippen LogP contribution in [0.5, 0.6) is 23.0 Å². The van der Waals surface area contributed by atoms with Crippen molar-refractivity contribution >= 4 is 0 Å². The molecule has 2 aromatic rings. The van der Waals surface area contributed by atoms with Gasteiger partial charge in [-0.2, -0.15) is 0 Å². The van der Waals surface area contributed by atoms with Crippen molar-refractivity contribution < 1.29 is 33.5 Å². The molecule has 156 valence electrons. The van der Waals surface area contributed by atoms with Crippen molar-refractivity contribution in [2.45, 2.75) is 12.5 Å². The van der Waals surface area contributed by atoms with Crippen molar-refractivity contribution in [3.8, 4) is 23.0 Å². The van der Waals surface area contributed by atoms with Crippen LogP contribution in [0.25, 0.3) is 0 Å². The minimum Gasteiger partial charge on any atom is -0.493 e. The molecular weight excluding hydrogens is 388 g/mol. The lowest BCUT2D eigenvalue weighted by Gasteiger charge is -2.17. The van der Waals surface area contributed by atoms with Crippen LogP contribution in [0.1, 0.15) is 23.6 Å². The highest BCUT2D eigenvalue weighted by Gasteiger charge is 2.36. The van der Waals surface area contributed by atoms with Gasteiger partial charge >= 0.3 is 12.5 Å². The number of hydrogen-bond donors (Lipinski definition) is 0. The summed E-state index contributed by atoms with van der Waals surface area (Å²) in [5.74, 6) is 1.15. The van der Waals surface area contributed by atoms with Crippen molar-refractivity contribution in [2.24, 2.45) is 0 Å². The van der Waals surface area contributed by atoms with E-state index in [1.807, 2.05) is 0 Å². The first kappa shape index (κ1) is 21.7. The zero-order valence-electron chi connectivity index (χ0n) is 16.2. The molecule has 0 aliphatic rings. The van der Waals surface area contributed by atoms with E-state index < -0.39 is 22.3 Å². The molecule has 0 saturated heterocycles. The molecule has 0 amide bonds. The fourth-order valence-electron chi connectivity index (χ4n) is 2.63. The fourth-order valence-corrected chi connectivity index (χ4v) is 2.63. The van der Waals surface area contributed by atoms with E-state index in [-0.39, 0.29) is 22.6 Å². The highest BCUT2D eigenvalue weighted by Crippen LogP contribution is 2.36. The van der Waals surface area contributed by atoms with E-state index in [9.17, 15) is 20.2 Å². The second kappa shape index (κ2) is 9.55. The third kappa shape index (κ3) is 4.82. The maximum Gasteiger partial charge on any atom is 0.347 e. The minimum atomic E-state index is -1.82. The van der Waals surface area contributed by atoms with Gasteiger partial charge in [-0.15, -0.1) is 0 Å². The first-order chi connectivity index (χ1) is 13.9. The Balaban J connectivity index is 2.43. The largest absolute Gasteiger partial charge is 0.493 e. The summed E-state index contributed by atoms with van der Waals surface area (Å²) in [6.45, 7) is 0. The molecule has 2 rings (SSSR count). The molecule has 0 heterocycles. The molecule has 2 unspecified atom stereocenters. The molecule has 0 N–H and O–H groups in total. The number of hydrogen-bond acceptors (Lipinski definition) is 9. The van der Waals surface area contributed by atoms with Gasteiger partial charge in [0, 0.05) is 0 Å². The Morgan fingerprint density at radius 1 is 0.655 bits per heavy atom. The molecule has 2 atom stereocenters. The van der Waals surface area contributed by atoms with Crippen LogP contribution in [0.15, 0.2) is 36.4 Å². The second-order valence-corrected chi connectivity index (χ2v) is 5.64. The average Bonchev–Trinajstić information content (AvgIpc) is 2.72. The van der Waals surface area contributed by atoms with Gasteiger partial charge in [0.05, 0.1) is 49.4 Å². The highest BCUT2D eigenvalue weighted by molar-refractivity contribution is 5.44. The number of nitrogens with zero attached hydrogens (tertiary/aromatic N) is 2. The van der Waals surface area contributed by atoms with Crippen LogP contribution in [0.2, 0.25) is 0 Å². The maximum absolute atomic E-state index is 11.6. The van der Waals surface area contributed by atoms with Gasteiger partial charge in [-0.25, -0.2) is 4.74 Å². The van der Waals surface area contributed by atoms with Crippen LogP contribution in [0, 0.1) is 20.2 Å². The predicted molar refractivity (Wildman–Crippen MR) is 99.6 cm³/mol. The van der Waals surface area contributed by atoms with E-state index >= 15 is 0 Å². The summed E-state index contributed by atoms with van der Waals surface area (Å²) in [5.41, 5.74) is 0.111. The third-order valence-corrected chi connectivity index (χ3v) is 4.03. The quantitative estimate of drug-likeness (QED) is 0.330. The van der Waals surface area contributed by atoms with E-state index in [1.54, 1.807) is 0 Å². The Kier molecular flexibility index (Phi) is 7.15. The van der Waals surface area contributed by atoms with Gasteiger partial charge in [-0.05, 0) is 36.4 Å². The molecule has 0 aliphatic heterocycles. The van der Waals surface area contributed by atoms with Gasteiger partial charge < -0.3 is 18.9 Å². The van der Waals surface area contributed by atoms with Gasteiger partial charge in [0.15, 0.2) is 23.0 Å². The molecular formula is C18H20N2O9. The first-order valence-corrected chi connectivity index (χ1v) is 8.22. The van der Waals surface area contributed by atoms with Gasteiger partial charge in [0.25, 0.3) is 0 Å². The summed E-state index contributed by atoms with van der Waals surface area (Å²) in [6, 6.07) is 8.31. The monoisotopic (exact) mass is 408 g/mol. The van der Waals surface area contributed by atoms with Crippen molar-refractivity contribution in [2.75, 3.05) is 28.4 Å². The van der Waals surface area contributed by atoms with Crippen molar-refractivity contribution in [3.05, 3.63) is 67.8 Å². The number of methoxy groups -OCH3 is 4. The molecule has 0 aliphatic carbocycles. The lowest BCUT2D eigenvalue weighted by Crippen LogP contribution is -2.22. The molecule has 29 heavy (non-hydrogen) atoms. The van der Waals surface area contributed by atoms with Gasteiger partial charge in [0.2, 0.25) is 0 Å². The summed E-state index contributed by atoms with van der Waals surface area (Å²) < 4.78 is 25.8. The van der Waals surface area contributed by atoms with Crippen molar-refractivity contribution in [1.29, 1.82) is 0 Å². The van der Waals surface area contributed by atoms with Crippen LogP contribution in [-0.4, -0.2) is 38.3 Å². The maximum atomic E-state index is 11.6. The average molecular weight is 408 g/mol. The first-order valence-electron chi connectivity index (χ1n) is 8.22. The molecule has 0 aromatic heterocycles. The van der Waals surface area contributed by atoms with Crippen molar-refractivity contribution in [3.63, 3.8) is 0 Å². The van der Waals surface area contributed by atoms with Crippen LogP contribution >= 0.6 is 0 Å². The van der Waals surface area contributed by atoms with Gasteiger partial charge in [-0.3, -0.25) is 20.2 Å². The molecule has 0 radical (unpaired) electrons. The summed E-state index contributed by atoms with van der Waals surface area (Å²) >= 11 is 0. The number of nitro groups is 2. The third-order valence-electron chi connectivity index (χ3n) is 4.03. The topological polar surface area (TPSA) is 132 Å². The Bertz CT molecular complexity index is 816. The summed E-state index contributed by atoms with van der Waals surface area (Å²) in [6.07, 6.45) is -3.64. The highest BCUT2D eigenvalue weighted by atomic mass is 16.7. The normalized spacial score (nSPS) is 12.6. The Hall–Kier alpha value is -3.60. The van der Waals surface area contributed by atoms with Gasteiger partial charge in [0.1, 0.15) is 0 Å². The van der Waals surface area contributed by atoms with E-state index in [0.717, 1.165) is 0 Å². The standard InChI is InChI=1S/C18H20N2O9/c1-25-13-7-5-11(9-15(13)27-3)17(19(21)22)29-18(20(23)24)12-6-8-14(26-2)16(10-12)28-4/h5-10,17-18H,1-4H3. The Morgan fingerprint density at radius 2 is 1.00 bits per heavy atom. The molecule has 0 spiro atoms. The fraction of sp³-hybridized carbons (Fsp3) is 0.333. The zero-order valence-corrected chi connectivity index (χ0v) is 16.2. The minimum absolute atomic E-state index is 0.0555. The molecule has 0 fully saturated rings. The molecule has 2 aromatic carbocycles. The van der Waals surface area contributed by atoms with Crippen LogP contribution in [-0.2, 0) is 4.74 Å². The Morgan fingerprint density at radius 3 is 1.28 bits per heavy atom. The predicted octanol–water partition coefficient (Wildman–Crippen LogP) is 2.99. The molecule has 11 nitrogen and oxygen atoms in total. The molecule has 11 heteroatoms. The number of benzene rings is 2. The van der Waals surface area contributed by atoms with Crippen LogP contribution in [0.4, 0.5) is 0 Å².